The van der Waals surface area contributed by atoms with E-state index in [-0.39, 0.29) is 13.2 Å². The molecule has 0 aliphatic rings. The molecule has 17 heavy (non-hydrogen) atoms. The molecule has 0 heterocycles. The monoisotopic (exact) mass is 255 g/mol. The third-order valence-electron chi connectivity index (χ3n) is 1.82. The lowest BCUT2D eigenvalue weighted by molar-refractivity contribution is -0.165. The number of nitrogens with zero attached hydrogens (tertiary/aromatic N) is 1. The molecule has 100 valence electrons. The zero-order valence-corrected chi connectivity index (χ0v) is 9.84. The number of carbonyl (C=O) groups excluding carboxylic acids is 2. The number of amides is 1. The van der Waals surface area contributed by atoms with Crippen molar-refractivity contribution in [2.24, 2.45) is 0 Å². The molecule has 0 radical (unpaired) electrons. The Hall–Kier alpha value is -1.27. The predicted molar refractivity (Wildman–Crippen MR) is 54.2 cm³/mol. The number of halogens is 3. The van der Waals surface area contributed by atoms with Gasteiger partial charge in [-0.2, -0.15) is 13.2 Å². The van der Waals surface area contributed by atoms with E-state index >= 15 is 0 Å². The first-order valence-corrected chi connectivity index (χ1v) is 5.30. The molecule has 0 saturated heterocycles. The van der Waals surface area contributed by atoms with Gasteiger partial charge in [0, 0.05) is 6.54 Å². The minimum Gasteiger partial charge on any atom is -0.465 e. The lowest BCUT2D eigenvalue weighted by Crippen LogP contribution is -2.39. The molecule has 4 nitrogen and oxygen atoms in total. The van der Waals surface area contributed by atoms with Crippen molar-refractivity contribution in [3.8, 4) is 0 Å². The van der Waals surface area contributed by atoms with Crippen molar-refractivity contribution < 1.29 is 27.5 Å². The fourth-order valence-corrected chi connectivity index (χ4v) is 1.21. The van der Waals surface area contributed by atoms with Gasteiger partial charge in [-0.3, -0.25) is 9.59 Å². The third-order valence-corrected chi connectivity index (χ3v) is 1.82. The summed E-state index contributed by atoms with van der Waals surface area (Å²) in [5.41, 5.74) is 0. The molecule has 0 atom stereocenters. The zero-order valence-electron chi connectivity index (χ0n) is 9.84. The highest BCUT2D eigenvalue weighted by Crippen LogP contribution is 2.20. The van der Waals surface area contributed by atoms with Crippen molar-refractivity contribution in [2.45, 2.75) is 32.9 Å². The van der Waals surface area contributed by atoms with Crippen LogP contribution in [0.3, 0.4) is 0 Å². The average Bonchev–Trinajstić information content (AvgIpc) is 2.14. The molecule has 0 aliphatic heterocycles. The van der Waals surface area contributed by atoms with E-state index in [4.69, 9.17) is 0 Å². The van der Waals surface area contributed by atoms with Crippen LogP contribution in [0, 0.1) is 0 Å². The van der Waals surface area contributed by atoms with Gasteiger partial charge in [0.1, 0.15) is 13.0 Å². The van der Waals surface area contributed by atoms with Gasteiger partial charge in [-0.15, -0.1) is 0 Å². The van der Waals surface area contributed by atoms with Crippen molar-refractivity contribution in [3.63, 3.8) is 0 Å². The van der Waals surface area contributed by atoms with Gasteiger partial charge < -0.3 is 9.64 Å². The topological polar surface area (TPSA) is 46.6 Å². The van der Waals surface area contributed by atoms with Crippen molar-refractivity contribution in [3.05, 3.63) is 0 Å². The van der Waals surface area contributed by atoms with Crippen LogP contribution in [0.4, 0.5) is 13.2 Å². The molecule has 1 amide bonds. The minimum absolute atomic E-state index is 0.105. The van der Waals surface area contributed by atoms with E-state index in [2.05, 4.69) is 4.74 Å². The molecule has 0 rings (SSSR count). The van der Waals surface area contributed by atoms with E-state index < -0.39 is 31.0 Å². The average molecular weight is 255 g/mol. The summed E-state index contributed by atoms with van der Waals surface area (Å²) in [5, 5.41) is 0. The van der Waals surface area contributed by atoms with Crippen LogP contribution >= 0.6 is 0 Å². The number of hydrogen-bond donors (Lipinski definition) is 0. The SMILES string of the molecule is CCCN(CC(=O)OCC)C(=O)CC(F)(F)F. The van der Waals surface area contributed by atoms with E-state index in [0.29, 0.717) is 6.42 Å². The summed E-state index contributed by atoms with van der Waals surface area (Å²) in [6.45, 7) is 3.09. The molecular formula is C10H16F3NO3. The number of carbonyl (C=O) groups is 2. The highest BCUT2D eigenvalue weighted by molar-refractivity contribution is 5.82. The van der Waals surface area contributed by atoms with Crippen LogP contribution in [-0.2, 0) is 14.3 Å². The molecule has 0 N–H and O–H groups in total. The van der Waals surface area contributed by atoms with Crippen LogP contribution < -0.4 is 0 Å². The Morgan fingerprint density at radius 1 is 1.24 bits per heavy atom. The van der Waals surface area contributed by atoms with E-state index in [9.17, 15) is 22.8 Å². The molecule has 0 saturated carbocycles. The highest BCUT2D eigenvalue weighted by atomic mass is 19.4. The standard InChI is InChI=1S/C10H16F3NO3/c1-3-5-14(7-9(16)17-4-2)8(15)6-10(11,12)13/h3-7H2,1-2H3. The summed E-state index contributed by atoms with van der Waals surface area (Å²) in [4.78, 5) is 23.3. The summed E-state index contributed by atoms with van der Waals surface area (Å²) in [6.07, 6.45) is -5.63. The van der Waals surface area contributed by atoms with Crippen LogP contribution in [0.15, 0.2) is 0 Å². The largest absolute Gasteiger partial charge is 0.465 e. The van der Waals surface area contributed by atoms with Crippen LogP contribution in [0.1, 0.15) is 26.7 Å². The lowest BCUT2D eigenvalue weighted by Gasteiger charge is -2.21. The maximum absolute atomic E-state index is 12.0. The molecule has 0 aromatic heterocycles. The normalized spacial score (nSPS) is 11.1. The van der Waals surface area contributed by atoms with E-state index in [1.54, 1.807) is 13.8 Å². The Bertz CT molecular complexity index is 266. The minimum atomic E-state index is -4.56. The quantitative estimate of drug-likeness (QED) is 0.679. The van der Waals surface area contributed by atoms with Crippen molar-refractivity contribution in [2.75, 3.05) is 19.7 Å². The Kier molecular flexibility index (Phi) is 6.60. The Balaban J connectivity index is 4.40. The fraction of sp³-hybridized carbons (Fsp3) is 0.800. The molecule has 0 fully saturated rings. The molecule has 0 aromatic carbocycles. The van der Waals surface area contributed by atoms with Gasteiger partial charge in [-0.25, -0.2) is 0 Å². The van der Waals surface area contributed by atoms with Crippen LogP contribution in [0.5, 0.6) is 0 Å². The van der Waals surface area contributed by atoms with Crippen molar-refractivity contribution >= 4 is 11.9 Å². The second-order valence-electron chi connectivity index (χ2n) is 3.41. The second-order valence-corrected chi connectivity index (χ2v) is 3.41. The summed E-state index contributed by atoms with van der Waals surface area (Å²) >= 11 is 0. The Morgan fingerprint density at radius 3 is 2.24 bits per heavy atom. The predicted octanol–water partition coefficient (Wildman–Crippen LogP) is 1.74. The van der Waals surface area contributed by atoms with Crippen LogP contribution in [0.2, 0.25) is 0 Å². The Morgan fingerprint density at radius 2 is 1.82 bits per heavy atom. The summed E-state index contributed by atoms with van der Waals surface area (Å²) < 4.78 is 40.7. The van der Waals surface area contributed by atoms with Crippen LogP contribution in [-0.4, -0.2) is 42.6 Å². The van der Waals surface area contributed by atoms with Crippen molar-refractivity contribution in [1.82, 2.24) is 4.90 Å². The number of ether oxygens (including phenoxy) is 1. The van der Waals surface area contributed by atoms with E-state index in [1.165, 1.54) is 0 Å². The molecule has 0 spiro atoms. The maximum Gasteiger partial charge on any atom is 0.397 e. The van der Waals surface area contributed by atoms with Gasteiger partial charge in [0.2, 0.25) is 5.91 Å². The molecule has 0 aliphatic carbocycles. The highest BCUT2D eigenvalue weighted by Gasteiger charge is 2.33. The second kappa shape index (κ2) is 7.13. The van der Waals surface area contributed by atoms with E-state index in [1.807, 2.05) is 0 Å². The molecule has 0 unspecified atom stereocenters. The summed E-state index contributed by atoms with van der Waals surface area (Å²) in [6, 6.07) is 0. The van der Waals surface area contributed by atoms with Gasteiger partial charge in [-0.1, -0.05) is 6.92 Å². The van der Waals surface area contributed by atoms with Gasteiger partial charge in [0.15, 0.2) is 0 Å². The number of esters is 1. The summed E-state index contributed by atoms with van der Waals surface area (Å²) in [5.74, 6) is -1.80. The molecule has 0 bridgehead atoms. The molecular weight excluding hydrogens is 239 g/mol. The van der Waals surface area contributed by atoms with Gasteiger partial charge in [-0.05, 0) is 13.3 Å². The summed E-state index contributed by atoms with van der Waals surface area (Å²) in [7, 11) is 0. The first-order valence-electron chi connectivity index (χ1n) is 5.30. The first-order chi connectivity index (χ1) is 7.80. The molecule has 0 aromatic rings. The number of rotatable bonds is 6. The van der Waals surface area contributed by atoms with Gasteiger partial charge in [0.25, 0.3) is 0 Å². The number of alkyl halides is 3. The Labute approximate surface area is 97.7 Å². The van der Waals surface area contributed by atoms with Crippen LogP contribution in [0.25, 0.3) is 0 Å². The lowest BCUT2D eigenvalue weighted by atomic mass is 10.3. The zero-order chi connectivity index (χ0) is 13.5. The van der Waals surface area contributed by atoms with E-state index in [0.717, 1.165) is 4.90 Å². The smallest absolute Gasteiger partial charge is 0.397 e. The van der Waals surface area contributed by atoms with Crippen molar-refractivity contribution in [1.29, 1.82) is 0 Å². The van der Waals surface area contributed by atoms with Gasteiger partial charge >= 0.3 is 12.1 Å². The first kappa shape index (κ1) is 15.7. The molecule has 7 heteroatoms. The number of hydrogen-bond acceptors (Lipinski definition) is 3. The van der Waals surface area contributed by atoms with Gasteiger partial charge in [0.05, 0.1) is 6.61 Å². The third kappa shape index (κ3) is 7.59. The maximum atomic E-state index is 12.0. The fourth-order valence-electron chi connectivity index (χ4n) is 1.21.